The first-order valence-corrected chi connectivity index (χ1v) is 19.0. The Morgan fingerprint density at radius 3 is 1.41 bits per heavy atom. The Bertz CT molecular complexity index is 3010. The number of aromatic nitrogens is 3. The first kappa shape index (κ1) is 32.0. The van der Waals surface area contributed by atoms with Gasteiger partial charge in [0.15, 0.2) is 5.82 Å². The maximum Gasteiger partial charge on any atom is 0.161 e. The molecule has 260 valence electrons. The van der Waals surface area contributed by atoms with Crippen molar-refractivity contribution in [2.75, 3.05) is 0 Å². The van der Waals surface area contributed by atoms with Crippen LogP contribution in [0.2, 0.25) is 0 Å². The molecular weight excluding hydrogens is 679 g/mol. The van der Waals surface area contributed by atoms with Crippen LogP contribution in [-0.2, 0) is 0 Å². The molecule has 10 aromatic rings. The number of hydrogen-bond acceptors (Lipinski definition) is 3. The van der Waals surface area contributed by atoms with Crippen molar-refractivity contribution in [1.82, 2.24) is 15.0 Å². The predicted molar refractivity (Wildman–Crippen MR) is 232 cm³/mol. The summed E-state index contributed by atoms with van der Waals surface area (Å²) in [6, 6.07) is 67.1. The molecule has 56 heavy (non-hydrogen) atoms. The van der Waals surface area contributed by atoms with E-state index in [0.717, 1.165) is 44.6 Å². The van der Waals surface area contributed by atoms with Crippen LogP contribution in [0, 0.1) is 0 Å². The lowest BCUT2D eigenvalue weighted by molar-refractivity contribution is 1.19. The van der Waals surface area contributed by atoms with Crippen LogP contribution < -0.4 is 0 Å². The van der Waals surface area contributed by atoms with Gasteiger partial charge in [-0.15, -0.1) is 0 Å². The Morgan fingerprint density at radius 1 is 0.286 bits per heavy atom. The second kappa shape index (κ2) is 13.1. The molecule has 3 heteroatoms. The third kappa shape index (κ3) is 5.17. The molecule has 0 N–H and O–H groups in total. The maximum absolute atomic E-state index is 5.36. The molecule has 0 amide bonds. The lowest BCUT2D eigenvalue weighted by atomic mass is 9.82. The number of fused-ring (bicyclic) bond motifs is 4. The Morgan fingerprint density at radius 2 is 0.768 bits per heavy atom. The molecule has 0 atom stereocenters. The van der Waals surface area contributed by atoms with Gasteiger partial charge in [-0.25, -0.2) is 9.97 Å². The van der Waals surface area contributed by atoms with E-state index in [1.54, 1.807) is 0 Å². The molecule has 0 fully saturated rings. The lowest BCUT2D eigenvalue weighted by Crippen LogP contribution is -1.97. The van der Waals surface area contributed by atoms with Gasteiger partial charge in [-0.1, -0.05) is 158 Å². The summed E-state index contributed by atoms with van der Waals surface area (Å²) in [5.74, 6) is 0.701. The fraction of sp³-hybridized carbons (Fsp3) is 0. The highest BCUT2D eigenvalue weighted by Gasteiger charge is 2.31. The van der Waals surface area contributed by atoms with Gasteiger partial charge in [0.2, 0.25) is 0 Å². The Kier molecular flexibility index (Phi) is 7.49. The Balaban J connectivity index is 1.19. The Hall–Kier alpha value is -7.49. The molecule has 1 aliphatic rings. The van der Waals surface area contributed by atoms with Crippen molar-refractivity contribution in [1.29, 1.82) is 0 Å². The molecule has 0 unspecified atom stereocenters. The second-order valence-corrected chi connectivity index (χ2v) is 14.3. The minimum absolute atomic E-state index is 0.701. The summed E-state index contributed by atoms with van der Waals surface area (Å²) >= 11 is 0. The first-order valence-electron chi connectivity index (χ1n) is 19.0. The molecule has 2 aromatic heterocycles. The van der Waals surface area contributed by atoms with Gasteiger partial charge in [0.05, 0.1) is 11.4 Å². The minimum atomic E-state index is 0.701. The van der Waals surface area contributed by atoms with Crippen molar-refractivity contribution < 1.29 is 0 Å². The molecule has 2 heterocycles. The number of nitrogens with zero attached hydrogens (tertiary/aromatic N) is 3. The minimum Gasteiger partial charge on any atom is -0.265 e. The summed E-state index contributed by atoms with van der Waals surface area (Å²) in [6.07, 6.45) is 3.67. The van der Waals surface area contributed by atoms with Crippen LogP contribution in [-0.4, -0.2) is 15.0 Å². The average Bonchev–Trinajstić information content (AvgIpc) is 3.61. The molecule has 0 aliphatic heterocycles. The van der Waals surface area contributed by atoms with Crippen LogP contribution in [0.1, 0.15) is 0 Å². The van der Waals surface area contributed by atoms with Gasteiger partial charge >= 0.3 is 0 Å². The van der Waals surface area contributed by atoms with Gasteiger partial charge in [0, 0.05) is 29.1 Å². The van der Waals surface area contributed by atoms with Gasteiger partial charge in [0.25, 0.3) is 0 Å². The number of hydrogen-bond donors (Lipinski definition) is 0. The van der Waals surface area contributed by atoms with Gasteiger partial charge in [0.1, 0.15) is 0 Å². The fourth-order valence-electron chi connectivity index (χ4n) is 8.68. The van der Waals surface area contributed by atoms with Crippen LogP contribution in [0.25, 0.3) is 111 Å². The van der Waals surface area contributed by atoms with Crippen LogP contribution in [0.3, 0.4) is 0 Å². The first-order chi connectivity index (χ1) is 27.8. The highest BCUT2D eigenvalue weighted by molar-refractivity contribution is 6.28. The summed E-state index contributed by atoms with van der Waals surface area (Å²) in [6.45, 7) is 0. The van der Waals surface area contributed by atoms with Crippen molar-refractivity contribution in [2.24, 2.45) is 0 Å². The molecule has 3 nitrogen and oxygen atoms in total. The van der Waals surface area contributed by atoms with Gasteiger partial charge < -0.3 is 0 Å². The number of benzene rings is 8. The van der Waals surface area contributed by atoms with Crippen molar-refractivity contribution in [2.45, 2.75) is 0 Å². The zero-order chi connectivity index (χ0) is 37.0. The molecule has 0 bridgehead atoms. The molecule has 0 saturated carbocycles. The Labute approximate surface area is 325 Å². The summed E-state index contributed by atoms with van der Waals surface area (Å²) in [7, 11) is 0. The van der Waals surface area contributed by atoms with Gasteiger partial charge in [-0.05, 0) is 108 Å². The van der Waals surface area contributed by atoms with Crippen LogP contribution >= 0.6 is 0 Å². The molecule has 1 aliphatic carbocycles. The third-order valence-electron chi connectivity index (χ3n) is 11.1. The zero-order valence-electron chi connectivity index (χ0n) is 30.4. The van der Waals surface area contributed by atoms with Gasteiger partial charge in [-0.3, -0.25) is 4.98 Å². The van der Waals surface area contributed by atoms with E-state index in [1.807, 2.05) is 30.6 Å². The molecule has 11 rings (SSSR count). The van der Waals surface area contributed by atoms with E-state index in [1.165, 1.54) is 60.7 Å². The van der Waals surface area contributed by atoms with Crippen molar-refractivity contribution >= 4 is 21.5 Å². The van der Waals surface area contributed by atoms with E-state index in [-0.39, 0.29) is 0 Å². The van der Waals surface area contributed by atoms with E-state index >= 15 is 0 Å². The summed E-state index contributed by atoms with van der Waals surface area (Å²) in [4.78, 5) is 14.9. The lowest BCUT2D eigenvalue weighted by Gasteiger charge is -2.20. The van der Waals surface area contributed by atoms with E-state index in [2.05, 4.69) is 175 Å². The molecule has 8 aromatic carbocycles. The fourth-order valence-corrected chi connectivity index (χ4v) is 8.68. The largest absolute Gasteiger partial charge is 0.265 e. The number of rotatable bonds is 6. The second-order valence-electron chi connectivity index (χ2n) is 14.3. The topological polar surface area (TPSA) is 38.7 Å². The van der Waals surface area contributed by atoms with E-state index < -0.39 is 0 Å². The third-order valence-corrected chi connectivity index (χ3v) is 11.1. The van der Waals surface area contributed by atoms with Crippen LogP contribution in [0.5, 0.6) is 0 Å². The predicted octanol–water partition coefficient (Wildman–Crippen LogP) is 13.8. The van der Waals surface area contributed by atoms with Crippen molar-refractivity contribution in [3.05, 3.63) is 200 Å². The molecule has 0 radical (unpaired) electrons. The standard InChI is InChI=1S/C53H33N3/c1-4-14-35(15-5-1)46-33-47(39-21-12-20-38(32-39)34-28-30-54-31-29-34)56-53(55-46)43-26-27-45-50-42(43)24-13-25-44(50)51-48(36-16-6-2-7-17-36)40-22-10-11-23-41(40)49(52(45)51)37-18-8-3-9-19-37/h1-33H. The van der Waals surface area contributed by atoms with Gasteiger partial charge in [-0.2, -0.15) is 0 Å². The maximum atomic E-state index is 5.36. The quantitative estimate of drug-likeness (QED) is 0.172. The van der Waals surface area contributed by atoms with Crippen molar-refractivity contribution in [3.63, 3.8) is 0 Å². The van der Waals surface area contributed by atoms with Crippen molar-refractivity contribution in [3.8, 4) is 89.5 Å². The monoisotopic (exact) mass is 711 g/mol. The normalized spacial score (nSPS) is 11.6. The molecule has 0 saturated heterocycles. The van der Waals surface area contributed by atoms with Crippen LogP contribution in [0.4, 0.5) is 0 Å². The van der Waals surface area contributed by atoms with E-state index in [9.17, 15) is 0 Å². The molecular formula is C53H33N3. The average molecular weight is 712 g/mol. The number of pyridine rings is 1. The summed E-state index contributed by atoms with van der Waals surface area (Å²) < 4.78 is 0. The highest BCUT2D eigenvalue weighted by Crippen LogP contribution is 2.58. The summed E-state index contributed by atoms with van der Waals surface area (Å²) in [5, 5.41) is 4.87. The highest BCUT2D eigenvalue weighted by atomic mass is 14.9. The zero-order valence-corrected chi connectivity index (χ0v) is 30.4. The van der Waals surface area contributed by atoms with Crippen LogP contribution in [0.15, 0.2) is 200 Å². The molecule has 0 spiro atoms. The SMILES string of the molecule is c1ccc(-c2cc(-c3cccc(-c4ccncc4)c3)nc(-c3ccc4c5c(cccc35)-c3c-4c(-c4ccccc4)c4ccccc4c3-c3ccccc3)n2)cc1. The van der Waals surface area contributed by atoms with E-state index in [4.69, 9.17) is 9.97 Å². The smallest absolute Gasteiger partial charge is 0.161 e. The van der Waals surface area contributed by atoms with E-state index in [0.29, 0.717) is 5.82 Å². The summed E-state index contributed by atoms with van der Waals surface area (Å²) in [5.41, 5.74) is 17.1.